The molecule has 142 valence electrons. The normalized spacial score (nSPS) is 23.6. The summed E-state index contributed by atoms with van der Waals surface area (Å²) in [5.74, 6) is -0.00109. The third kappa shape index (κ3) is 2.34. The standard InChI is InChI=1S/C20H21N7O/c1-19(2)13-4-5-20(19,17-16(13)25-14(10-21)15(11-22)26-17)18(28)24-6-3-8-27-9-7-23-12-27/h7,9,12-13H,3-6,8H2,1-2H3,(H,24,28). The van der Waals surface area contributed by atoms with Gasteiger partial charge in [0.25, 0.3) is 0 Å². The maximum atomic E-state index is 13.4. The van der Waals surface area contributed by atoms with Crippen LogP contribution in [0.15, 0.2) is 18.7 Å². The first kappa shape index (κ1) is 18.1. The van der Waals surface area contributed by atoms with Gasteiger partial charge in [-0.1, -0.05) is 13.8 Å². The van der Waals surface area contributed by atoms with Crippen LogP contribution in [-0.2, 0) is 16.8 Å². The summed E-state index contributed by atoms with van der Waals surface area (Å²) in [7, 11) is 0. The highest BCUT2D eigenvalue weighted by Crippen LogP contribution is 2.67. The van der Waals surface area contributed by atoms with Crippen molar-refractivity contribution in [2.24, 2.45) is 5.41 Å². The van der Waals surface area contributed by atoms with Crippen molar-refractivity contribution in [1.29, 1.82) is 10.5 Å². The molecular weight excluding hydrogens is 354 g/mol. The van der Waals surface area contributed by atoms with E-state index in [0.29, 0.717) is 24.4 Å². The fourth-order valence-corrected chi connectivity index (χ4v) is 4.95. The Bertz CT molecular complexity index is 1010. The molecule has 0 radical (unpaired) electrons. The zero-order valence-electron chi connectivity index (χ0n) is 15.9. The lowest BCUT2D eigenvalue weighted by Gasteiger charge is -2.36. The molecule has 1 N–H and O–H groups in total. The first-order valence-electron chi connectivity index (χ1n) is 9.42. The lowest BCUT2D eigenvalue weighted by atomic mass is 9.67. The van der Waals surface area contributed by atoms with Crippen molar-refractivity contribution >= 4 is 5.91 Å². The number of nitriles is 2. The summed E-state index contributed by atoms with van der Waals surface area (Å²) in [6.45, 7) is 5.46. The van der Waals surface area contributed by atoms with Crippen molar-refractivity contribution in [2.75, 3.05) is 6.54 Å². The molecule has 2 atom stereocenters. The highest BCUT2D eigenvalue weighted by molar-refractivity contribution is 5.91. The molecule has 1 amide bonds. The molecular formula is C20H21N7O. The number of aryl methyl sites for hydroxylation is 1. The maximum Gasteiger partial charge on any atom is 0.232 e. The van der Waals surface area contributed by atoms with E-state index < -0.39 is 5.41 Å². The number of aromatic nitrogens is 4. The predicted octanol–water partition coefficient (Wildman–Crippen LogP) is 1.78. The minimum absolute atomic E-state index is 0.00289. The molecule has 0 saturated heterocycles. The predicted molar refractivity (Wildman–Crippen MR) is 98.7 cm³/mol. The number of nitrogens with one attached hydrogen (secondary N) is 1. The van der Waals surface area contributed by atoms with Crippen LogP contribution < -0.4 is 5.32 Å². The van der Waals surface area contributed by atoms with Crippen molar-refractivity contribution in [2.45, 2.75) is 51.0 Å². The van der Waals surface area contributed by atoms with E-state index in [1.807, 2.05) is 22.9 Å². The molecule has 1 saturated carbocycles. The molecule has 4 rings (SSSR count). The van der Waals surface area contributed by atoms with E-state index >= 15 is 0 Å². The van der Waals surface area contributed by atoms with E-state index in [2.05, 4.69) is 34.1 Å². The monoisotopic (exact) mass is 375 g/mol. The Kier molecular flexibility index (Phi) is 4.15. The quantitative estimate of drug-likeness (QED) is 0.795. The van der Waals surface area contributed by atoms with Gasteiger partial charge in [0.05, 0.1) is 23.1 Å². The minimum atomic E-state index is -0.811. The smallest absolute Gasteiger partial charge is 0.232 e. The summed E-state index contributed by atoms with van der Waals surface area (Å²) in [4.78, 5) is 26.3. The maximum absolute atomic E-state index is 13.4. The Morgan fingerprint density at radius 3 is 2.75 bits per heavy atom. The second-order valence-corrected chi connectivity index (χ2v) is 8.01. The molecule has 2 aromatic heterocycles. The van der Waals surface area contributed by atoms with Crippen molar-refractivity contribution in [1.82, 2.24) is 24.8 Å². The molecule has 8 heteroatoms. The fraction of sp³-hybridized carbons (Fsp3) is 0.500. The van der Waals surface area contributed by atoms with Crippen LogP contribution in [-0.4, -0.2) is 32.0 Å². The van der Waals surface area contributed by atoms with E-state index in [0.717, 1.165) is 19.4 Å². The number of hydrogen-bond acceptors (Lipinski definition) is 6. The first-order valence-corrected chi connectivity index (χ1v) is 9.42. The van der Waals surface area contributed by atoms with Gasteiger partial charge in [0.1, 0.15) is 12.1 Å². The van der Waals surface area contributed by atoms with Crippen molar-refractivity contribution < 1.29 is 4.79 Å². The van der Waals surface area contributed by atoms with Gasteiger partial charge in [-0.2, -0.15) is 10.5 Å². The highest BCUT2D eigenvalue weighted by Gasteiger charge is 2.67. The number of carbonyl (C=O) groups is 1. The lowest BCUT2D eigenvalue weighted by molar-refractivity contribution is -0.130. The third-order valence-corrected chi connectivity index (χ3v) is 6.47. The molecule has 2 aliphatic carbocycles. The van der Waals surface area contributed by atoms with Gasteiger partial charge >= 0.3 is 0 Å². The van der Waals surface area contributed by atoms with Crippen LogP contribution in [0.3, 0.4) is 0 Å². The van der Waals surface area contributed by atoms with E-state index in [9.17, 15) is 15.3 Å². The Hall–Kier alpha value is -3.26. The van der Waals surface area contributed by atoms with E-state index in [4.69, 9.17) is 0 Å². The molecule has 2 unspecified atom stereocenters. The second kappa shape index (κ2) is 6.42. The van der Waals surface area contributed by atoms with Crippen molar-refractivity contribution in [3.63, 3.8) is 0 Å². The zero-order chi connectivity index (χ0) is 19.9. The van der Waals surface area contributed by atoms with Crippen LogP contribution in [0.2, 0.25) is 0 Å². The van der Waals surface area contributed by atoms with Crippen LogP contribution in [0.4, 0.5) is 0 Å². The van der Waals surface area contributed by atoms with E-state index in [-0.39, 0.29) is 28.6 Å². The fourth-order valence-electron chi connectivity index (χ4n) is 4.95. The molecule has 0 aromatic carbocycles. The van der Waals surface area contributed by atoms with Gasteiger partial charge in [-0.25, -0.2) is 15.0 Å². The van der Waals surface area contributed by atoms with Gasteiger partial charge < -0.3 is 9.88 Å². The summed E-state index contributed by atoms with van der Waals surface area (Å²) in [6.07, 6.45) is 7.67. The van der Waals surface area contributed by atoms with Crippen molar-refractivity contribution in [3.05, 3.63) is 41.5 Å². The highest BCUT2D eigenvalue weighted by atomic mass is 16.2. The van der Waals surface area contributed by atoms with Gasteiger partial charge in [-0.15, -0.1) is 0 Å². The lowest BCUT2D eigenvalue weighted by Crippen LogP contribution is -2.50. The number of nitrogens with zero attached hydrogens (tertiary/aromatic N) is 6. The molecule has 0 aliphatic heterocycles. The summed E-state index contributed by atoms with van der Waals surface area (Å²) < 4.78 is 1.97. The van der Waals surface area contributed by atoms with Crippen LogP contribution in [0, 0.1) is 28.1 Å². The Labute approximate surface area is 163 Å². The summed E-state index contributed by atoms with van der Waals surface area (Å²) in [5, 5.41) is 21.7. The molecule has 2 aromatic rings. The number of fused-ring (bicyclic) bond motifs is 5. The number of carbonyl (C=O) groups excluding carboxylic acids is 1. The van der Waals surface area contributed by atoms with Crippen LogP contribution in [0.5, 0.6) is 0 Å². The van der Waals surface area contributed by atoms with Crippen LogP contribution in [0.25, 0.3) is 0 Å². The summed E-state index contributed by atoms with van der Waals surface area (Å²) in [6, 6.07) is 3.91. The molecule has 0 spiro atoms. The van der Waals surface area contributed by atoms with Crippen LogP contribution in [0.1, 0.15) is 61.8 Å². The molecule has 28 heavy (non-hydrogen) atoms. The molecule has 2 bridgehead atoms. The third-order valence-electron chi connectivity index (χ3n) is 6.47. The minimum Gasteiger partial charge on any atom is -0.355 e. The molecule has 2 heterocycles. The molecule has 1 fully saturated rings. The Balaban J connectivity index is 1.61. The van der Waals surface area contributed by atoms with Gasteiger partial charge in [-0.05, 0) is 24.7 Å². The number of hydrogen-bond donors (Lipinski definition) is 1. The topological polar surface area (TPSA) is 120 Å². The SMILES string of the molecule is CC1(C)C2CCC1(C(=O)NCCCn1ccnc1)c1nc(C#N)c(C#N)nc12. The summed E-state index contributed by atoms with van der Waals surface area (Å²) in [5.41, 5.74) is 0.147. The number of imidazole rings is 1. The summed E-state index contributed by atoms with van der Waals surface area (Å²) >= 11 is 0. The first-order chi connectivity index (χ1) is 13.5. The average molecular weight is 375 g/mol. The second-order valence-electron chi connectivity index (χ2n) is 8.01. The largest absolute Gasteiger partial charge is 0.355 e. The van der Waals surface area contributed by atoms with Crippen LogP contribution >= 0.6 is 0 Å². The number of amides is 1. The Morgan fingerprint density at radius 1 is 1.32 bits per heavy atom. The average Bonchev–Trinajstić information content (AvgIpc) is 3.35. The molecule has 8 nitrogen and oxygen atoms in total. The van der Waals surface area contributed by atoms with Gasteiger partial charge in [0, 0.05) is 31.4 Å². The van der Waals surface area contributed by atoms with E-state index in [1.54, 1.807) is 12.5 Å². The van der Waals surface area contributed by atoms with Gasteiger partial charge in [0.15, 0.2) is 11.4 Å². The number of rotatable bonds is 5. The zero-order valence-corrected chi connectivity index (χ0v) is 15.9. The van der Waals surface area contributed by atoms with Crippen molar-refractivity contribution in [3.8, 4) is 12.1 Å². The molecule has 2 aliphatic rings. The van der Waals surface area contributed by atoms with Gasteiger partial charge in [-0.3, -0.25) is 4.79 Å². The van der Waals surface area contributed by atoms with E-state index in [1.165, 1.54) is 0 Å². The van der Waals surface area contributed by atoms with Gasteiger partial charge in [0.2, 0.25) is 5.91 Å². The Morgan fingerprint density at radius 2 is 2.07 bits per heavy atom.